The smallest absolute Gasteiger partial charge is 0.338 e. The molecule has 0 fully saturated rings. The maximum atomic E-state index is 12.2. The van der Waals surface area contributed by atoms with Crippen LogP contribution >= 0.6 is 0 Å². The number of carbonyl (C=O) groups is 1. The number of aromatic nitrogens is 2. The Kier molecular flexibility index (Phi) is 4.35. The Labute approximate surface area is 150 Å². The summed E-state index contributed by atoms with van der Waals surface area (Å²) in [5.74, 6) is 0.251. The van der Waals surface area contributed by atoms with Crippen molar-refractivity contribution in [1.82, 2.24) is 9.72 Å². The number of benzene rings is 2. The molecule has 0 amide bonds. The van der Waals surface area contributed by atoms with Crippen molar-refractivity contribution in [2.45, 2.75) is 6.61 Å². The van der Waals surface area contributed by atoms with Crippen molar-refractivity contribution in [3.05, 3.63) is 96.4 Å². The van der Waals surface area contributed by atoms with Crippen LogP contribution in [-0.2, 0) is 11.3 Å². The van der Waals surface area contributed by atoms with Gasteiger partial charge < -0.3 is 13.8 Å². The van der Waals surface area contributed by atoms with Crippen molar-refractivity contribution in [2.24, 2.45) is 0 Å². The molecule has 2 heterocycles. The molecule has 0 bridgehead atoms. The molecule has 128 valence electrons. The first-order valence-electron chi connectivity index (χ1n) is 8.21. The van der Waals surface area contributed by atoms with Crippen LogP contribution in [0.4, 0.5) is 0 Å². The summed E-state index contributed by atoms with van der Waals surface area (Å²) in [5.41, 5.74) is 2.97. The molecule has 0 spiro atoms. The highest BCUT2D eigenvalue weighted by Gasteiger charge is 2.11. The first-order chi connectivity index (χ1) is 12.8. The highest BCUT2D eigenvalue weighted by Crippen LogP contribution is 2.20. The largest absolute Gasteiger partial charge is 0.455 e. The standard InChI is InChI=1S/C21H16N2O3/c24-21(17-8-10-19(11-9-17)23-12-4-5-13-23)25-15-18-14-20(26-22-18)16-6-2-1-3-7-16/h1-14H,15H2. The van der Waals surface area contributed by atoms with Crippen LogP contribution in [0.15, 0.2) is 89.7 Å². The molecule has 5 nitrogen and oxygen atoms in total. The zero-order valence-corrected chi connectivity index (χ0v) is 13.9. The van der Waals surface area contributed by atoms with Crippen molar-refractivity contribution in [3.63, 3.8) is 0 Å². The topological polar surface area (TPSA) is 57.3 Å². The first kappa shape index (κ1) is 15.9. The van der Waals surface area contributed by atoms with Crippen LogP contribution in [0.2, 0.25) is 0 Å². The summed E-state index contributed by atoms with van der Waals surface area (Å²) >= 11 is 0. The van der Waals surface area contributed by atoms with E-state index in [0.29, 0.717) is 17.0 Å². The number of ether oxygens (including phenoxy) is 1. The summed E-state index contributed by atoms with van der Waals surface area (Å²) in [7, 11) is 0. The van der Waals surface area contributed by atoms with E-state index in [4.69, 9.17) is 9.26 Å². The minimum Gasteiger partial charge on any atom is -0.455 e. The van der Waals surface area contributed by atoms with Crippen LogP contribution in [0.5, 0.6) is 0 Å². The fraction of sp³-hybridized carbons (Fsp3) is 0.0476. The lowest BCUT2D eigenvalue weighted by Gasteiger charge is -2.05. The third kappa shape index (κ3) is 3.42. The van der Waals surface area contributed by atoms with Gasteiger partial charge in [0.1, 0.15) is 12.3 Å². The van der Waals surface area contributed by atoms with Crippen molar-refractivity contribution in [1.29, 1.82) is 0 Å². The molecule has 0 aliphatic rings. The van der Waals surface area contributed by atoms with Gasteiger partial charge in [-0.2, -0.15) is 0 Å². The van der Waals surface area contributed by atoms with E-state index in [1.807, 2.05) is 71.6 Å². The van der Waals surface area contributed by atoms with E-state index >= 15 is 0 Å². The summed E-state index contributed by atoms with van der Waals surface area (Å²) in [5, 5.41) is 3.95. The summed E-state index contributed by atoms with van der Waals surface area (Å²) in [4.78, 5) is 12.2. The normalized spacial score (nSPS) is 10.6. The number of hydrogen-bond donors (Lipinski definition) is 0. The van der Waals surface area contributed by atoms with E-state index < -0.39 is 5.97 Å². The van der Waals surface area contributed by atoms with E-state index in [1.165, 1.54) is 0 Å². The minimum atomic E-state index is -0.395. The molecule has 0 aliphatic heterocycles. The van der Waals surface area contributed by atoms with Crippen molar-refractivity contribution in [3.8, 4) is 17.0 Å². The second kappa shape index (κ2) is 7.11. The monoisotopic (exact) mass is 344 g/mol. The maximum Gasteiger partial charge on any atom is 0.338 e. The predicted octanol–water partition coefficient (Wildman–Crippen LogP) is 4.49. The Morgan fingerprint density at radius 1 is 0.962 bits per heavy atom. The van der Waals surface area contributed by atoms with Gasteiger partial charge in [0.05, 0.1) is 5.56 Å². The summed E-state index contributed by atoms with van der Waals surface area (Å²) in [6.07, 6.45) is 3.89. The molecule has 4 aromatic rings. The minimum absolute atomic E-state index is 0.0640. The molecule has 2 aromatic carbocycles. The van der Waals surface area contributed by atoms with Gasteiger partial charge in [0, 0.05) is 29.7 Å². The highest BCUT2D eigenvalue weighted by molar-refractivity contribution is 5.89. The van der Waals surface area contributed by atoms with Crippen LogP contribution in [0.3, 0.4) is 0 Å². The van der Waals surface area contributed by atoms with Gasteiger partial charge in [-0.15, -0.1) is 0 Å². The first-order valence-corrected chi connectivity index (χ1v) is 8.21. The Balaban J connectivity index is 1.39. The van der Waals surface area contributed by atoms with Gasteiger partial charge in [-0.05, 0) is 36.4 Å². The number of carbonyl (C=O) groups excluding carboxylic acids is 1. The van der Waals surface area contributed by atoms with Crippen LogP contribution in [0.25, 0.3) is 17.0 Å². The molecular formula is C21H16N2O3. The van der Waals surface area contributed by atoms with Crippen molar-refractivity contribution < 1.29 is 14.1 Å². The average Bonchev–Trinajstić information content (AvgIpc) is 3.39. The number of rotatable bonds is 5. The molecule has 0 saturated carbocycles. The lowest BCUT2D eigenvalue weighted by atomic mass is 10.2. The lowest BCUT2D eigenvalue weighted by molar-refractivity contribution is 0.0464. The molecule has 0 unspecified atom stereocenters. The van der Waals surface area contributed by atoms with Gasteiger partial charge >= 0.3 is 5.97 Å². The third-order valence-electron chi connectivity index (χ3n) is 3.97. The summed E-state index contributed by atoms with van der Waals surface area (Å²) in [6.45, 7) is 0.0640. The Bertz CT molecular complexity index is 987. The van der Waals surface area contributed by atoms with Gasteiger partial charge in [0.15, 0.2) is 5.76 Å². The second-order valence-electron chi connectivity index (χ2n) is 5.76. The zero-order chi connectivity index (χ0) is 17.8. The third-order valence-corrected chi connectivity index (χ3v) is 3.97. The fourth-order valence-electron chi connectivity index (χ4n) is 2.62. The number of esters is 1. The highest BCUT2D eigenvalue weighted by atomic mass is 16.5. The molecule has 5 heteroatoms. The Morgan fingerprint density at radius 2 is 1.69 bits per heavy atom. The van der Waals surface area contributed by atoms with E-state index in [-0.39, 0.29) is 6.61 Å². The molecule has 2 aromatic heterocycles. The van der Waals surface area contributed by atoms with Crippen LogP contribution in [0, 0.1) is 0 Å². The Hall–Kier alpha value is -3.60. The number of hydrogen-bond acceptors (Lipinski definition) is 4. The SMILES string of the molecule is O=C(OCc1cc(-c2ccccc2)on1)c1ccc(-n2cccc2)cc1. The molecular weight excluding hydrogens is 328 g/mol. The van der Waals surface area contributed by atoms with Crippen LogP contribution < -0.4 is 0 Å². The van der Waals surface area contributed by atoms with Gasteiger partial charge in [-0.3, -0.25) is 0 Å². The molecule has 0 saturated heterocycles. The zero-order valence-electron chi connectivity index (χ0n) is 13.9. The maximum absolute atomic E-state index is 12.2. The predicted molar refractivity (Wildman–Crippen MR) is 96.8 cm³/mol. The molecule has 0 radical (unpaired) electrons. The van der Waals surface area contributed by atoms with Crippen LogP contribution in [-0.4, -0.2) is 15.7 Å². The van der Waals surface area contributed by atoms with Gasteiger partial charge in [0.25, 0.3) is 0 Å². The van der Waals surface area contributed by atoms with E-state index in [1.54, 1.807) is 18.2 Å². The van der Waals surface area contributed by atoms with Crippen molar-refractivity contribution in [2.75, 3.05) is 0 Å². The second-order valence-corrected chi connectivity index (χ2v) is 5.76. The van der Waals surface area contributed by atoms with Gasteiger partial charge in [-0.1, -0.05) is 35.5 Å². The molecule has 0 N–H and O–H groups in total. The van der Waals surface area contributed by atoms with Crippen molar-refractivity contribution >= 4 is 5.97 Å². The van der Waals surface area contributed by atoms with E-state index in [9.17, 15) is 4.79 Å². The molecule has 0 aliphatic carbocycles. The average molecular weight is 344 g/mol. The molecule has 0 atom stereocenters. The number of nitrogens with zero attached hydrogens (tertiary/aromatic N) is 2. The summed E-state index contributed by atoms with van der Waals surface area (Å²) in [6, 6.07) is 22.6. The fourth-order valence-corrected chi connectivity index (χ4v) is 2.62. The Morgan fingerprint density at radius 3 is 2.42 bits per heavy atom. The van der Waals surface area contributed by atoms with Crippen LogP contribution in [0.1, 0.15) is 16.1 Å². The van der Waals surface area contributed by atoms with E-state index in [2.05, 4.69) is 5.16 Å². The quantitative estimate of drug-likeness (QED) is 0.501. The van der Waals surface area contributed by atoms with E-state index in [0.717, 1.165) is 11.3 Å². The lowest BCUT2D eigenvalue weighted by Crippen LogP contribution is -2.05. The molecule has 4 rings (SSSR count). The molecule has 26 heavy (non-hydrogen) atoms. The van der Waals surface area contributed by atoms with Gasteiger partial charge in [0.2, 0.25) is 0 Å². The van der Waals surface area contributed by atoms with Gasteiger partial charge in [-0.25, -0.2) is 4.79 Å². The summed E-state index contributed by atoms with van der Waals surface area (Å²) < 4.78 is 12.6.